The Morgan fingerprint density at radius 3 is 2.33 bits per heavy atom. The number of nitrogens with zero attached hydrogens (tertiary/aromatic N) is 2. The number of hydrazine groups is 1. The Balaban J connectivity index is 1.87. The summed E-state index contributed by atoms with van der Waals surface area (Å²) in [5.74, 6) is -2.97. The molecule has 3 rings (SSSR count). The summed E-state index contributed by atoms with van der Waals surface area (Å²) in [7, 11) is 0. The van der Waals surface area contributed by atoms with Gasteiger partial charge in [-0.3, -0.25) is 19.7 Å². The zero-order chi connectivity index (χ0) is 15.1. The molecule has 1 atom stereocenters. The van der Waals surface area contributed by atoms with Gasteiger partial charge in [-0.15, -0.1) is 0 Å². The second kappa shape index (κ2) is 4.65. The first-order chi connectivity index (χ1) is 9.97. The van der Waals surface area contributed by atoms with Gasteiger partial charge in [0.05, 0.1) is 5.92 Å². The van der Waals surface area contributed by atoms with E-state index in [9.17, 15) is 23.6 Å². The fourth-order valence-corrected chi connectivity index (χ4v) is 2.42. The molecular weight excluding hydrogens is 281 g/mol. The highest BCUT2D eigenvalue weighted by Gasteiger charge is 2.46. The van der Waals surface area contributed by atoms with Crippen molar-refractivity contribution in [1.82, 2.24) is 15.3 Å². The molecule has 2 aliphatic rings. The maximum Gasteiger partial charge on any atom is 0.343 e. The molecule has 0 bridgehead atoms. The lowest BCUT2D eigenvalue weighted by Gasteiger charge is -2.23. The fourth-order valence-electron chi connectivity index (χ4n) is 2.42. The third kappa shape index (κ3) is 2.14. The van der Waals surface area contributed by atoms with Gasteiger partial charge in [0, 0.05) is 6.42 Å². The van der Waals surface area contributed by atoms with Crippen LogP contribution in [0.2, 0.25) is 0 Å². The van der Waals surface area contributed by atoms with Crippen molar-refractivity contribution in [3.8, 4) is 0 Å². The van der Waals surface area contributed by atoms with Crippen molar-refractivity contribution in [2.45, 2.75) is 12.3 Å². The number of carbonyl (C=O) groups excluding carboxylic acids is 4. The van der Waals surface area contributed by atoms with Crippen molar-refractivity contribution in [1.29, 1.82) is 0 Å². The molecule has 2 saturated heterocycles. The minimum absolute atomic E-state index is 0.123. The first-order valence-electron chi connectivity index (χ1n) is 6.21. The molecule has 1 N–H and O–H groups in total. The Labute approximate surface area is 118 Å². The van der Waals surface area contributed by atoms with Crippen LogP contribution in [0.3, 0.4) is 0 Å². The van der Waals surface area contributed by atoms with Gasteiger partial charge in [0.1, 0.15) is 12.4 Å². The normalized spacial score (nSPS) is 22.2. The van der Waals surface area contributed by atoms with Crippen molar-refractivity contribution >= 4 is 23.8 Å². The van der Waals surface area contributed by atoms with Gasteiger partial charge in [0.15, 0.2) is 0 Å². The van der Waals surface area contributed by atoms with Crippen molar-refractivity contribution in [2.24, 2.45) is 0 Å². The van der Waals surface area contributed by atoms with Crippen LogP contribution in [0, 0.1) is 5.82 Å². The fraction of sp³-hybridized carbons (Fsp3) is 0.231. The first kappa shape index (κ1) is 13.2. The maximum absolute atomic E-state index is 12.9. The quantitative estimate of drug-likeness (QED) is 0.620. The number of amides is 5. The number of halogens is 1. The summed E-state index contributed by atoms with van der Waals surface area (Å²) in [6.45, 7) is -0.369. The number of benzene rings is 1. The van der Waals surface area contributed by atoms with Gasteiger partial charge in [0.25, 0.3) is 5.91 Å². The zero-order valence-electron chi connectivity index (χ0n) is 10.7. The van der Waals surface area contributed by atoms with Crippen LogP contribution in [0.5, 0.6) is 0 Å². The molecule has 1 unspecified atom stereocenters. The van der Waals surface area contributed by atoms with Gasteiger partial charge in [-0.25, -0.2) is 14.2 Å². The Bertz CT molecular complexity index is 658. The third-order valence-electron chi connectivity index (χ3n) is 3.41. The second-order valence-corrected chi connectivity index (χ2v) is 4.76. The summed E-state index contributed by atoms with van der Waals surface area (Å²) in [6, 6.07) is 4.43. The molecule has 7 nitrogen and oxygen atoms in total. The second-order valence-electron chi connectivity index (χ2n) is 4.76. The van der Waals surface area contributed by atoms with Crippen molar-refractivity contribution < 1.29 is 23.6 Å². The molecule has 2 fully saturated rings. The summed E-state index contributed by atoms with van der Waals surface area (Å²) in [5, 5.41) is 3.48. The highest BCUT2D eigenvalue weighted by atomic mass is 19.1. The van der Waals surface area contributed by atoms with E-state index in [4.69, 9.17) is 0 Å². The summed E-state index contributed by atoms with van der Waals surface area (Å²) in [6.07, 6.45) is -0.123. The Hall–Kier alpha value is -2.77. The summed E-state index contributed by atoms with van der Waals surface area (Å²) < 4.78 is 12.9. The lowest BCUT2D eigenvalue weighted by molar-refractivity contribution is -0.152. The van der Waals surface area contributed by atoms with Gasteiger partial charge in [-0.1, -0.05) is 12.1 Å². The molecule has 0 aromatic heterocycles. The predicted molar refractivity (Wildman–Crippen MR) is 65.9 cm³/mol. The zero-order valence-corrected chi connectivity index (χ0v) is 10.7. The van der Waals surface area contributed by atoms with Gasteiger partial charge in [0.2, 0.25) is 11.8 Å². The monoisotopic (exact) mass is 291 g/mol. The summed E-state index contributed by atoms with van der Waals surface area (Å²) >= 11 is 0. The van der Waals surface area contributed by atoms with Crippen molar-refractivity contribution in [2.75, 3.05) is 6.54 Å². The average molecular weight is 291 g/mol. The minimum Gasteiger partial charge on any atom is -0.275 e. The number of urea groups is 1. The Morgan fingerprint density at radius 1 is 1.10 bits per heavy atom. The lowest BCUT2D eigenvalue weighted by atomic mass is 9.98. The number of nitrogens with one attached hydrogen (secondary N) is 1. The number of rotatable bonds is 2. The molecule has 5 amide bonds. The molecular formula is C13H10FN3O4. The van der Waals surface area contributed by atoms with Gasteiger partial charge in [-0.05, 0) is 17.7 Å². The number of carbonyl (C=O) groups is 4. The number of hydrogen-bond donors (Lipinski definition) is 1. The van der Waals surface area contributed by atoms with Crippen molar-refractivity contribution in [3.05, 3.63) is 35.6 Å². The van der Waals surface area contributed by atoms with E-state index in [0.29, 0.717) is 10.6 Å². The van der Waals surface area contributed by atoms with Crippen LogP contribution < -0.4 is 5.32 Å². The molecule has 8 heteroatoms. The van der Waals surface area contributed by atoms with Crippen LogP contribution in [-0.2, 0) is 14.4 Å². The van der Waals surface area contributed by atoms with Crippen LogP contribution in [0.1, 0.15) is 17.9 Å². The van der Waals surface area contributed by atoms with E-state index in [-0.39, 0.29) is 13.0 Å². The lowest BCUT2D eigenvalue weighted by Crippen LogP contribution is -2.48. The Kier molecular flexibility index (Phi) is 2.93. The Morgan fingerprint density at radius 2 is 1.76 bits per heavy atom. The molecule has 108 valence electrons. The maximum atomic E-state index is 12.9. The van der Waals surface area contributed by atoms with Crippen LogP contribution in [0.4, 0.5) is 9.18 Å². The molecule has 2 heterocycles. The van der Waals surface area contributed by atoms with Crippen LogP contribution >= 0.6 is 0 Å². The van der Waals surface area contributed by atoms with E-state index < -0.39 is 35.5 Å². The van der Waals surface area contributed by atoms with Gasteiger partial charge < -0.3 is 0 Å². The number of hydrogen-bond acceptors (Lipinski definition) is 4. The summed E-state index contributed by atoms with van der Waals surface area (Å²) in [5.41, 5.74) is 0.489. The molecule has 0 spiro atoms. The minimum atomic E-state index is -0.804. The average Bonchev–Trinajstić information content (AvgIpc) is 2.90. The SMILES string of the molecule is O=C1CN(N2C(=O)CC(c3ccc(F)cc3)C2=O)C(=O)N1. The van der Waals surface area contributed by atoms with E-state index in [0.717, 1.165) is 5.01 Å². The van der Waals surface area contributed by atoms with Crippen LogP contribution in [-0.4, -0.2) is 40.3 Å². The topological polar surface area (TPSA) is 86.8 Å². The molecule has 1 aromatic rings. The first-order valence-corrected chi connectivity index (χ1v) is 6.21. The summed E-state index contributed by atoms with van der Waals surface area (Å²) in [4.78, 5) is 47.0. The molecule has 0 aliphatic carbocycles. The molecule has 0 saturated carbocycles. The third-order valence-corrected chi connectivity index (χ3v) is 3.41. The molecule has 0 radical (unpaired) electrons. The highest BCUT2D eigenvalue weighted by Crippen LogP contribution is 2.31. The van der Waals surface area contributed by atoms with E-state index >= 15 is 0 Å². The molecule has 21 heavy (non-hydrogen) atoms. The smallest absolute Gasteiger partial charge is 0.275 e. The van der Waals surface area contributed by atoms with E-state index in [1.54, 1.807) is 0 Å². The van der Waals surface area contributed by atoms with E-state index in [2.05, 4.69) is 0 Å². The van der Waals surface area contributed by atoms with Crippen molar-refractivity contribution in [3.63, 3.8) is 0 Å². The number of imide groups is 2. The van der Waals surface area contributed by atoms with Gasteiger partial charge in [-0.2, -0.15) is 5.01 Å². The highest BCUT2D eigenvalue weighted by molar-refractivity contribution is 6.10. The standard InChI is InChI=1S/C13H10FN3O4/c14-8-3-1-7(2-4-8)9-5-11(19)17(12(9)20)16-6-10(18)15-13(16)21/h1-4,9H,5-6H2,(H,15,18,21). The van der Waals surface area contributed by atoms with Gasteiger partial charge >= 0.3 is 6.03 Å². The molecule has 1 aromatic carbocycles. The molecule has 2 aliphatic heterocycles. The van der Waals surface area contributed by atoms with E-state index in [1.165, 1.54) is 24.3 Å². The van der Waals surface area contributed by atoms with Crippen LogP contribution in [0.25, 0.3) is 0 Å². The van der Waals surface area contributed by atoms with Crippen LogP contribution in [0.15, 0.2) is 24.3 Å². The largest absolute Gasteiger partial charge is 0.343 e. The predicted octanol–water partition coefficient (Wildman–Crippen LogP) is 0.135. The van der Waals surface area contributed by atoms with E-state index in [1.807, 2.05) is 5.32 Å².